The van der Waals surface area contributed by atoms with Gasteiger partial charge in [0.1, 0.15) is 18.7 Å². The minimum absolute atomic E-state index is 0.0994. The third-order valence-electron chi connectivity index (χ3n) is 4.25. The highest BCUT2D eigenvalue weighted by Crippen LogP contribution is 2.09. The van der Waals surface area contributed by atoms with Crippen LogP contribution in [0.2, 0.25) is 0 Å². The van der Waals surface area contributed by atoms with Crippen molar-refractivity contribution in [2.75, 3.05) is 12.0 Å². The number of rotatable bonds is 11. The van der Waals surface area contributed by atoms with Gasteiger partial charge in [-0.3, -0.25) is 9.59 Å². The molecular weight excluding hydrogens is 366 g/mol. The first kappa shape index (κ1) is 22.8. The van der Waals surface area contributed by atoms with Crippen molar-refractivity contribution in [1.82, 2.24) is 10.6 Å². The lowest BCUT2D eigenvalue weighted by Crippen LogP contribution is -2.55. The van der Waals surface area contributed by atoms with Crippen molar-refractivity contribution in [3.8, 4) is 0 Å². The summed E-state index contributed by atoms with van der Waals surface area (Å²) in [4.78, 5) is 36.3. The topological polar surface area (TPSA) is 111 Å². The number of carbonyl (C=O) groups excluding carboxylic acids is 3. The second kappa shape index (κ2) is 12.2. The molecule has 1 aromatic carbocycles. The number of primary amides is 1. The summed E-state index contributed by atoms with van der Waals surface area (Å²) in [5.74, 6) is -0.461. The summed E-state index contributed by atoms with van der Waals surface area (Å²) in [5.41, 5.74) is 6.26. The minimum Gasteiger partial charge on any atom is -0.445 e. The van der Waals surface area contributed by atoms with Crippen LogP contribution >= 0.6 is 11.8 Å². The van der Waals surface area contributed by atoms with Crippen LogP contribution in [0.4, 0.5) is 4.79 Å². The molecule has 150 valence electrons. The molecule has 7 nitrogen and oxygen atoms in total. The van der Waals surface area contributed by atoms with E-state index in [1.165, 1.54) is 0 Å². The quantitative estimate of drug-likeness (QED) is 0.531. The molecule has 0 bridgehead atoms. The van der Waals surface area contributed by atoms with Crippen LogP contribution in [0, 0.1) is 5.92 Å². The van der Waals surface area contributed by atoms with Gasteiger partial charge in [-0.1, -0.05) is 50.6 Å². The molecule has 27 heavy (non-hydrogen) atoms. The number of benzene rings is 1. The second-order valence-electron chi connectivity index (χ2n) is 6.31. The van der Waals surface area contributed by atoms with Crippen molar-refractivity contribution in [2.45, 2.75) is 45.4 Å². The van der Waals surface area contributed by atoms with Crippen LogP contribution in [0.5, 0.6) is 0 Å². The van der Waals surface area contributed by atoms with Gasteiger partial charge in [0.05, 0.1) is 0 Å². The van der Waals surface area contributed by atoms with Crippen molar-refractivity contribution in [3.63, 3.8) is 0 Å². The molecule has 0 heterocycles. The smallest absolute Gasteiger partial charge is 0.408 e. The van der Waals surface area contributed by atoms with Gasteiger partial charge in [-0.25, -0.2) is 4.79 Å². The molecule has 4 N–H and O–H groups in total. The summed E-state index contributed by atoms with van der Waals surface area (Å²) < 4.78 is 5.18. The molecule has 0 aliphatic carbocycles. The van der Waals surface area contributed by atoms with E-state index in [-0.39, 0.29) is 12.5 Å². The number of hydrogen-bond acceptors (Lipinski definition) is 5. The predicted octanol–water partition coefficient (Wildman–Crippen LogP) is 2.05. The van der Waals surface area contributed by atoms with E-state index in [0.717, 1.165) is 5.56 Å². The van der Waals surface area contributed by atoms with Crippen LogP contribution < -0.4 is 16.4 Å². The van der Waals surface area contributed by atoms with E-state index < -0.39 is 30.0 Å². The largest absolute Gasteiger partial charge is 0.445 e. The summed E-state index contributed by atoms with van der Waals surface area (Å²) in [7, 11) is 0. The molecule has 0 saturated carbocycles. The molecule has 1 rings (SSSR count). The van der Waals surface area contributed by atoms with E-state index in [4.69, 9.17) is 10.5 Å². The molecule has 0 saturated heterocycles. The van der Waals surface area contributed by atoms with E-state index in [1.807, 2.05) is 50.4 Å². The Balaban J connectivity index is 2.68. The number of thioether (sulfide) groups is 1. The standard InChI is InChI=1S/C19H29N3O4S/c1-4-13(2)16(17(20)23)22-18(24)15(10-11-27-3)21-19(25)26-12-14-8-6-5-7-9-14/h5-9,13,15-16H,4,10-12H2,1-3H3,(H2,20,23)(H,21,25)(H,22,24)/t13?,15-,16-/m0/s1. The van der Waals surface area contributed by atoms with Crippen LogP contribution in [-0.4, -0.2) is 42.0 Å². The molecule has 3 atom stereocenters. The van der Waals surface area contributed by atoms with Gasteiger partial charge < -0.3 is 21.1 Å². The van der Waals surface area contributed by atoms with Gasteiger partial charge in [0.2, 0.25) is 11.8 Å². The SMILES string of the molecule is CCC(C)[C@H](NC(=O)[C@H](CCSC)NC(=O)OCc1ccccc1)C(N)=O. The first-order valence-electron chi connectivity index (χ1n) is 8.94. The van der Waals surface area contributed by atoms with E-state index in [2.05, 4.69) is 10.6 Å². The number of hydrogen-bond donors (Lipinski definition) is 3. The fourth-order valence-corrected chi connectivity index (χ4v) is 2.87. The van der Waals surface area contributed by atoms with Gasteiger partial charge in [0.25, 0.3) is 0 Å². The summed E-state index contributed by atoms with van der Waals surface area (Å²) in [6.45, 7) is 3.87. The average Bonchev–Trinajstić information content (AvgIpc) is 2.67. The Morgan fingerprint density at radius 3 is 2.41 bits per heavy atom. The third-order valence-corrected chi connectivity index (χ3v) is 4.89. The van der Waals surface area contributed by atoms with Gasteiger partial charge in [0.15, 0.2) is 0 Å². The molecule has 0 radical (unpaired) electrons. The number of alkyl carbamates (subject to hydrolysis) is 1. The number of nitrogens with one attached hydrogen (secondary N) is 2. The highest BCUT2D eigenvalue weighted by atomic mass is 32.2. The van der Waals surface area contributed by atoms with E-state index in [1.54, 1.807) is 11.8 Å². The van der Waals surface area contributed by atoms with Crippen LogP contribution in [-0.2, 0) is 20.9 Å². The molecule has 3 amide bonds. The molecule has 1 aromatic rings. The fraction of sp³-hybridized carbons (Fsp3) is 0.526. The zero-order valence-electron chi connectivity index (χ0n) is 16.1. The summed E-state index contributed by atoms with van der Waals surface area (Å²) in [6, 6.07) is 7.68. The Labute approximate surface area is 164 Å². The van der Waals surface area contributed by atoms with Gasteiger partial charge in [0, 0.05) is 0 Å². The normalized spacial score (nSPS) is 13.9. The molecule has 0 aliphatic rings. The lowest BCUT2D eigenvalue weighted by atomic mass is 9.98. The monoisotopic (exact) mass is 395 g/mol. The maximum Gasteiger partial charge on any atom is 0.408 e. The summed E-state index contributed by atoms with van der Waals surface area (Å²) >= 11 is 1.56. The maximum atomic E-state index is 12.6. The molecule has 8 heteroatoms. The van der Waals surface area contributed by atoms with E-state index in [0.29, 0.717) is 18.6 Å². The minimum atomic E-state index is -0.799. The van der Waals surface area contributed by atoms with Crippen molar-refractivity contribution in [2.24, 2.45) is 11.7 Å². The van der Waals surface area contributed by atoms with Gasteiger partial charge in [-0.2, -0.15) is 11.8 Å². The Morgan fingerprint density at radius 1 is 1.19 bits per heavy atom. The lowest BCUT2D eigenvalue weighted by molar-refractivity contribution is -0.129. The van der Waals surface area contributed by atoms with Crippen LogP contribution in [0.3, 0.4) is 0 Å². The first-order valence-corrected chi connectivity index (χ1v) is 10.3. The maximum absolute atomic E-state index is 12.6. The highest BCUT2D eigenvalue weighted by Gasteiger charge is 2.28. The van der Waals surface area contributed by atoms with Crippen LogP contribution in [0.15, 0.2) is 30.3 Å². The average molecular weight is 396 g/mol. The molecule has 1 unspecified atom stereocenters. The van der Waals surface area contributed by atoms with E-state index in [9.17, 15) is 14.4 Å². The second-order valence-corrected chi connectivity index (χ2v) is 7.30. The molecular formula is C19H29N3O4S. The zero-order valence-corrected chi connectivity index (χ0v) is 16.9. The highest BCUT2D eigenvalue weighted by molar-refractivity contribution is 7.98. The first-order chi connectivity index (χ1) is 12.9. The van der Waals surface area contributed by atoms with Gasteiger partial charge >= 0.3 is 6.09 Å². The Kier molecular flexibility index (Phi) is 10.3. The van der Waals surface area contributed by atoms with E-state index >= 15 is 0 Å². The summed E-state index contributed by atoms with van der Waals surface area (Å²) in [5, 5.41) is 5.25. The lowest BCUT2D eigenvalue weighted by Gasteiger charge is -2.24. The van der Waals surface area contributed by atoms with Crippen LogP contribution in [0.25, 0.3) is 0 Å². The number of amides is 3. The van der Waals surface area contributed by atoms with Crippen molar-refractivity contribution >= 4 is 29.7 Å². The number of carbonyl (C=O) groups is 3. The molecule has 0 aliphatic heterocycles. The molecule has 0 spiro atoms. The fourth-order valence-electron chi connectivity index (χ4n) is 2.39. The Morgan fingerprint density at radius 2 is 1.85 bits per heavy atom. The van der Waals surface area contributed by atoms with Crippen molar-refractivity contribution in [3.05, 3.63) is 35.9 Å². The Bertz CT molecular complexity index is 612. The third kappa shape index (κ3) is 8.34. The predicted molar refractivity (Wildman–Crippen MR) is 107 cm³/mol. The van der Waals surface area contributed by atoms with Crippen molar-refractivity contribution < 1.29 is 19.1 Å². The zero-order chi connectivity index (χ0) is 20.2. The van der Waals surface area contributed by atoms with Crippen LogP contribution in [0.1, 0.15) is 32.3 Å². The number of nitrogens with two attached hydrogens (primary N) is 1. The van der Waals surface area contributed by atoms with Gasteiger partial charge in [-0.15, -0.1) is 0 Å². The van der Waals surface area contributed by atoms with Gasteiger partial charge in [-0.05, 0) is 29.9 Å². The van der Waals surface area contributed by atoms with Crippen molar-refractivity contribution in [1.29, 1.82) is 0 Å². The summed E-state index contributed by atoms with van der Waals surface area (Å²) in [6.07, 6.45) is 2.34. The molecule has 0 fully saturated rings. The Hall–Kier alpha value is -2.22. The molecule has 0 aromatic heterocycles. The number of ether oxygens (including phenoxy) is 1.